The van der Waals surface area contributed by atoms with Crippen LogP contribution in [0.15, 0.2) is 12.2 Å². The zero-order chi connectivity index (χ0) is 12.3. The maximum Gasteiger partial charge on any atom is 0.334 e. The van der Waals surface area contributed by atoms with Gasteiger partial charge in [0.1, 0.15) is 0 Å². The number of hydrogen-bond acceptors (Lipinski definition) is 4. The first kappa shape index (κ1) is 12.6. The fourth-order valence-electron chi connectivity index (χ4n) is 2.88. The first-order chi connectivity index (χ1) is 8.22. The van der Waals surface area contributed by atoms with Crippen molar-refractivity contribution in [1.82, 2.24) is 10.2 Å². The smallest absolute Gasteiger partial charge is 0.334 e. The monoisotopic (exact) mass is 238 g/mol. The number of carbonyl (C=O) groups excluding carboxylic acids is 1. The second kappa shape index (κ2) is 5.65. The maximum absolute atomic E-state index is 11.4. The Labute approximate surface area is 103 Å². The summed E-state index contributed by atoms with van der Waals surface area (Å²) in [5, 5.41) is 3.45. The van der Waals surface area contributed by atoms with Crippen LogP contribution in [0.2, 0.25) is 0 Å². The van der Waals surface area contributed by atoms with Gasteiger partial charge < -0.3 is 10.1 Å². The van der Waals surface area contributed by atoms with Crippen molar-refractivity contribution in [3.8, 4) is 0 Å². The Bertz CT molecular complexity index is 304. The lowest BCUT2D eigenvalue weighted by atomic mass is 10.1. The minimum atomic E-state index is -0.277. The molecular weight excluding hydrogens is 216 g/mol. The summed E-state index contributed by atoms with van der Waals surface area (Å²) in [6, 6.07) is 1.19. The molecule has 96 valence electrons. The molecule has 0 radical (unpaired) electrons. The summed E-state index contributed by atoms with van der Waals surface area (Å²) >= 11 is 0. The van der Waals surface area contributed by atoms with Gasteiger partial charge in [0.25, 0.3) is 0 Å². The Morgan fingerprint density at radius 2 is 2.29 bits per heavy atom. The van der Waals surface area contributed by atoms with Crippen LogP contribution >= 0.6 is 0 Å². The molecule has 2 atom stereocenters. The molecule has 2 aliphatic rings. The third-order valence-corrected chi connectivity index (χ3v) is 3.75. The molecule has 4 nitrogen and oxygen atoms in total. The molecule has 0 spiro atoms. The van der Waals surface area contributed by atoms with Gasteiger partial charge in [-0.1, -0.05) is 6.58 Å². The van der Waals surface area contributed by atoms with Crippen LogP contribution < -0.4 is 5.32 Å². The number of rotatable bonds is 5. The third kappa shape index (κ3) is 2.87. The third-order valence-electron chi connectivity index (χ3n) is 3.75. The Kier molecular flexibility index (Phi) is 4.18. The van der Waals surface area contributed by atoms with Crippen molar-refractivity contribution >= 4 is 5.97 Å². The van der Waals surface area contributed by atoms with Crippen LogP contribution in [0.5, 0.6) is 0 Å². The van der Waals surface area contributed by atoms with Gasteiger partial charge in [-0.25, -0.2) is 4.79 Å². The Morgan fingerprint density at radius 3 is 3.06 bits per heavy atom. The van der Waals surface area contributed by atoms with Crippen LogP contribution in [0.4, 0.5) is 0 Å². The van der Waals surface area contributed by atoms with Crippen LogP contribution in [0.1, 0.15) is 26.2 Å². The van der Waals surface area contributed by atoms with Crippen LogP contribution in [-0.4, -0.2) is 49.2 Å². The highest BCUT2D eigenvalue weighted by atomic mass is 16.5. The zero-order valence-electron chi connectivity index (χ0n) is 10.6. The van der Waals surface area contributed by atoms with E-state index in [1.165, 1.54) is 32.4 Å². The molecule has 17 heavy (non-hydrogen) atoms. The van der Waals surface area contributed by atoms with Crippen molar-refractivity contribution in [3.63, 3.8) is 0 Å². The Balaban J connectivity index is 1.75. The number of carbonyl (C=O) groups is 1. The molecule has 2 fully saturated rings. The van der Waals surface area contributed by atoms with E-state index in [0.29, 0.717) is 30.8 Å². The van der Waals surface area contributed by atoms with Gasteiger partial charge in [-0.15, -0.1) is 0 Å². The molecule has 2 aliphatic heterocycles. The average molecular weight is 238 g/mol. The lowest BCUT2D eigenvalue weighted by Gasteiger charge is -2.21. The van der Waals surface area contributed by atoms with E-state index in [0.717, 1.165) is 0 Å². The zero-order valence-corrected chi connectivity index (χ0v) is 10.6. The van der Waals surface area contributed by atoms with Gasteiger partial charge in [-0.05, 0) is 32.7 Å². The second-order valence-corrected chi connectivity index (χ2v) is 4.85. The molecule has 0 saturated carbocycles. The van der Waals surface area contributed by atoms with E-state index in [-0.39, 0.29) is 5.97 Å². The minimum Gasteiger partial charge on any atom is -0.463 e. The van der Waals surface area contributed by atoms with Crippen LogP contribution in [-0.2, 0) is 9.53 Å². The fraction of sp³-hybridized carbons (Fsp3) is 0.769. The van der Waals surface area contributed by atoms with Gasteiger partial charge >= 0.3 is 5.97 Å². The molecule has 0 aromatic carbocycles. The van der Waals surface area contributed by atoms with Gasteiger partial charge in [0.05, 0.1) is 6.61 Å². The molecule has 2 saturated heterocycles. The molecule has 0 amide bonds. The first-order valence-electron chi connectivity index (χ1n) is 6.54. The number of nitrogens with zero attached hydrogens (tertiary/aromatic N) is 1. The summed E-state index contributed by atoms with van der Waals surface area (Å²) in [6.45, 7) is 8.97. The highest BCUT2D eigenvalue weighted by Crippen LogP contribution is 2.27. The maximum atomic E-state index is 11.4. The molecule has 2 rings (SSSR count). The van der Waals surface area contributed by atoms with Crippen molar-refractivity contribution in [1.29, 1.82) is 0 Å². The highest BCUT2D eigenvalue weighted by Gasteiger charge is 2.36. The van der Waals surface area contributed by atoms with Crippen LogP contribution in [0.3, 0.4) is 0 Å². The lowest BCUT2D eigenvalue weighted by molar-refractivity contribution is -0.138. The van der Waals surface area contributed by atoms with E-state index < -0.39 is 0 Å². The van der Waals surface area contributed by atoms with E-state index in [2.05, 4.69) is 16.8 Å². The van der Waals surface area contributed by atoms with E-state index in [1.807, 2.05) is 6.92 Å². The number of esters is 1. The van der Waals surface area contributed by atoms with Crippen LogP contribution in [0.25, 0.3) is 0 Å². The standard InChI is InChI=1S/C13H22N2O2/c1-3-17-13(16)10(2)9-14-11-6-8-15-7-4-5-12(11)15/h11-12,14H,2-9H2,1H3. The van der Waals surface area contributed by atoms with E-state index in [9.17, 15) is 4.79 Å². The fourth-order valence-corrected chi connectivity index (χ4v) is 2.88. The molecule has 4 heteroatoms. The van der Waals surface area contributed by atoms with Crippen molar-refractivity contribution in [2.45, 2.75) is 38.3 Å². The summed E-state index contributed by atoms with van der Waals surface area (Å²) in [4.78, 5) is 13.9. The van der Waals surface area contributed by atoms with Gasteiger partial charge in [0, 0.05) is 30.7 Å². The van der Waals surface area contributed by atoms with Crippen molar-refractivity contribution in [2.24, 2.45) is 0 Å². The summed E-state index contributed by atoms with van der Waals surface area (Å²) in [6.07, 6.45) is 3.77. The number of ether oxygens (including phenoxy) is 1. The second-order valence-electron chi connectivity index (χ2n) is 4.85. The molecule has 0 bridgehead atoms. The van der Waals surface area contributed by atoms with Gasteiger partial charge in [0.15, 0.2) is 0 Å². The molecule has 2 heterocycles. The number of fused-ring (bicyclic) bond motifs is 1. The predicted molar refractivity (Wildman–Crippen MR) is 66.8 cm³/mol. The summed E-state index contributed by atoms with van der Waals surface area (Å²) in [5.41, 5.74) is 0.531. The van der Waals surface area contributed by atoms with E-state index in [4.69, 9.17) is 4.74 Å². The van der Waals surface area contributed by atoms with Crippen molar-refractivity contribution in [2.75, 3.05) is 26.2 Å². The summed E-state index contributed by atoms with van der Waals surface area (Å²) in [5.74, 6) is -0.277. The topological polar surface area (TPSA) is 41.6 Å². The van der Waals surface area contributed by atoms with Gasteiger partial charge in [0.2, 0.25) is 0 Å². The van der Waals surface area contributed by atoms with Crippen molar-refractivity contribution in [3.05, 3.63) is 12.2 Å². The Hall–Kier alpha value is -0.870. The molecule has 2 unspecified atom stereocenters. The summed E-state index contributed by atoms with van der Waals surface area (Å²) in [7, 11) is 0. The number of nitrogens with one attached hydrogen (secondary N) is 1. The highest BCUT2D eigenvalue weighted by molar-refractivity contribution is 5.88. The minimum absolute atomic E-state index is 0.277. The average Bonchev–Trinajstić information content (AvgIpc) is 2.89. The molecule has 0 aromatic rings. The van der Waals surface area contributed by atoms with E-state index >= 15 is 0 Å². The molecule has 1 N–H and O–H groups in total. The van der Waals surface area contributed by atoms with Gasteiger partial charge in [-0.2, -0.15) is 0 Å². The van der Waals surface area contributed by atoms with Crippen molar-refractivity contribution < 1.29 is 9.53 Å². The summed E-state index contributed by atoms with van der Waals surface area (Å²) < 4.78 is 4.92. The SMILES string of the molecule is C=C(CNC1CCN2CCCC12)C(=O)OCC. The number of hydrogen-bond donors (Lipinski definition) is 1. The van der Waals surface area contributed by atoms with Crippen LogP contribution in [0, 0.1) is 0 Å². The lowest BCUT2D eigenvalue weighted by Crippen LogP contribution is -2.40. The largest absolute Gasteiger partial charge is 0.463 e. The quantitative estimate of drug-likeness (QED) is 0.571. The first-order valence-corrected chi connectivity index (χ1v) is 6.54. The predicted octanol–water partition coefficient (Wildman–Crippen LogP) is 0.932. The Morgan fingerprint density at radius 1 is 1.47 bits per heavy atom. The molecule has 0 aromatic heterocycles. The normalized spacial score (nSPS) is 28.1. The molecule has 0 aliphatic carbocycles. The van der Waals surface area contributed by atoms with Gasteiger partial charge in [-0.3, -0.25) is 4.90 Å². The molecular formula is C13H22N2O2. The van der Waals surface area contributed by atoms with E-state index in [1.54, 1.807) is 0 Å².